The molecule has 2 fully saturated rings. The van der Waals surface area contributed by atoms with Gasteiger partial charge in [0, 0.05) is 32.9 Å². The molecular weight excluding hydrogens is 292 g/mol. The number of ether oxygens (including phenoxy) is 2. The maximum absolute atomic E-state index is 11.9. The summed E-state index contributed by atoms with van der Waals surface area (Å²) in [4.78, 5) is 16.1. The van der Waals surface area contributed by atoms with Crippen LogP contribution >= 0.6 is 0 Å². The number of piperidine rings is 1. The van der Waals surface area contributed by atoms with Crippen molar-refractivity contribution in [1.82, 2.24) is 4.90 Å². The topological polar surface area (TPSA) is 42.0 Å². The summed E-state index contributed by atoms with van der Waals surface area (Å²) in [5, 5.41) is 0. The van der Waals surface area contributed by atoms with Gasteiger partial charge in [-0.3, -0.25) is 4.79 Å². The summed E-state index contributed by atoms with van der Waals surface area (Å²) in [6.07, 6.45) is 2.87. The van der Waals surface area contributed by atoms with Gasteiger partial charge in [-0.2, -0.15) is 0 Å². The van der Waals surface area contributed by atoms with Gasteiger partial charge in [-0.25, -0.2) is 0 Å². The molecule has 126 valence electrons. The fourth-order valence-electron chi connectivity index (χ4n) is 3.67. The van der Waals surface area contributed by atoms with E-state index in [-0.39, 0.29) is 18.1 Å². The van der Waals surface area contributed by atoms with Crippen LogP contribution in [0, 0.1) is 0 Å². The Kier molecular flexibility index (Phi) is 4.87. The minimum Gasteiger partial charge on any atom is -0.375 e. The molecule has 0 bridgehead atoms. The summed E-state index contributed by atoms with van der Waals surface area (Å²) in [5.41, 5.74) is 1.17. The summed E-state index contributed by atoms with van der Waals surface area (Å²) in [6, 6.07) is 10.8. The van der Waals surface area contributed by atoms with E-state index in [9.17, 15) is 4.79 Å². The van der Waals surface area contributed by atoms with E-state index in [1.807, 2.05) is 11.0 Å². The number of nitrogens with zero attached hydrogens (tertiary/aromatic N) is 2. The molecule has 2 heterocycles. The number of hydrogen-bond donors (Lipinski definition) is 0. The number of rotatable bonds is 4. The molecule has 23 heavy (non-hydrogen) atoms. The third-order valence-corrected chi connectivity index (χ3v) is 5.20. The van der Waals surface area contributed by atoms with Crippen molar-refractivity contribution in [2.45, 2.75) is 30.9 Å². The number of likely N-dealkylation sites (tertiary alicyclic amines) is 1. The first-order valence-electron chi connectivity index (χ1n) is 8.32. The number of likely N-dealkylation sites (N-methyl/N-ethyl adjacent to an activating group) is 1. The van der Waals surface area contributed by atoms with E-state index in [4.69, 9.17) is 9.47 Å². The second-order valence-electron chi connectivity index (χ2n) is 6.61. The molecule has 3 rings (SSSR count). The van der Waals surface area contributed by atoms with Crippen molar-refractivity contribution in [3.63, 3.8) is 0 Å². The molecule has 1 unspecified atom stereocenters. The van der Waals surface area contributed by atoms with Gasteiger partial charge in [0.25, 0.3) is 0 Å². The molecule has 0 aliphatic carbocycles. The Morgan fingerprint density at radius 3 is 2.70 bits per heavy atom. The minimum atomic E-state index is -0.0580. The molecule has 5 heteroatoms. The SMILES string of the molecule is COCC(=O)N1CCC2(CC1)CC(N(C)c1ccccc1)CO2. The standard InChI is InChI=1S/C18H26N2O3/c1-19(15-6-4-3-5-7-15)16-12-18(23-13-16)8-10-20(11-9-18)17(21)14-22-2/h3-7,16H,8-14H2,1-2H3. The lowest BCUT2D eigenvalue weighted by Gasteiger charge is -2.39. The molecule has 2 saturated heterocycles. The predicted molar refractivity (Wildman–Crippen MR) is 89.6 cm³/mol. The van der Waals surface area contributed by atoms with Crippen molar-refractivity contribution in [3.8, 4) is 0 Å². The van der Waals surface area contributed by atoms with E-state index in [1.165, 1.54) is 5.69 Å². The molecule has 0 aromatic heterocycles. The van der Waals surface area contributed by atoms with Crippen LogP contribution in [0.5, 0.6) is 0 Å². The van der Waals surface area contributed by atoms with Gasteiger partial charge in [-0.1, -0.05) is 18.2 Å². The fourth-order valence-corrected chi connectivity index (χ4v) is 3.67. The van der Waals surface area contributed by atoms with Crippen molar-refractivity contribution in [1.29, 1.82) is 0 Å². The smallest absolute Gasteiger partial charge is 0.248 e. The highest BCUT2D eigenvalue weighted by molar-refractivity contribution is 5.77. The number of methoxy groups -OCH3 is 1. The molecule has 2 aliphatic heterocycles. The Labute approximate surface area is 138 Å². The van der Waals surface area contributed by atoms with Crippen molar-refractivity contribution < 1.29 is 14.3 Å². The molecule has 2 aliphatic rings. The fraction of sp³-hybridized carbons (Fsp3) is 0.611. The third kappa shape index (κ3) is 3.51. The van der Waals surface area contributed by atoms with E-state index >= 15 is 0 Å². The van der Waals surface area contributed by atoms with Crippen LogP contribution in [-0.4, -0.2) is 62.9 Å². The van der Waals surface area contributed by atoms with Crippen LogP contribution in [0.3, 0.4) is 0 Å². The highest BCUT2D eigenvalue weighted by Crippen LogP contribution is 2.38. The monoisotopic (exact) mass is 318 g/mol. The van der Waals surface area contributed by atoms with Gasteiger partial charge in [0.1, 0.15) is 6.61 Å². The van der Waals surface area contributed by atoms with Gasteiger partial charge in [0.2, 0.25) is 5.91 Å². The van der Waals surface area contributed by atoms with Crippen molar-refractivity contribution in [2.75, 3.05) is 45.4 Å². The summed E-state index contributed by atoms with van der Waals surface area (Å²) < 4.78 is 11.2. The van der Waals surface area contributed by atoms with Crippen LogP contribution in [0.1, 0.15) is 19.3 Å². The summed E-state index contributed by atoms with van der Waals surface area (Å²) in [5.74, 6) is 0.0818. The van der Waals surface area contributed by atoms with Gasteiger partial charge < -0.3 is 19.3 Å². The number of benzene rings is 1. The van der Waals surface area contributed by atoms with Gasteiger partial charge in [-0.05, 0) is 31.4 Å². The molecule has 1 aromatic carbocycles. The first kappa shape index (κ1) is 16.3. The maximum Gasteiger partial charge on any atom is 0.248 e. The highest BCUT2D eigenvalue weighted by Gasteiger charge is 2.44. The lowest BCUT2D eigenvalue weighted by molar-refractivity contribution is -0.139. The number of para-hydroxylation sites is 1. The third-order valence-electron chi connectivity index (χ3n) is 5.20. The minimum absolute atomic E-state index is 0.0580. The Bertz CT molecular complexity index is 526. The summed E-state index contributed by atoms with van der Waals surface area (Å²) in [7, 11) is 3.70. The Balaban J connectivity index is 1.57. The van der Waals surface area contributed by atoms with E-state index in [2.05, 4.69) is 36.2 Å². The molecule has 0 saturated carbocycles. The highest BCUT2D eigenvalue weighted by atomic mass is 16.5. The number of hydrogen-bond acceptors (Lipinski definition) is 4. The van der Waals surface area contributed by atoms with E-state index < -0.39 is 0 Å². The summed E-state index contributed by atoms with van der Waals surface area (Å²) in [6.45, 7) is 2.47. The Morgan fingerprint density at radius 2 is 2.04 bits per heavy atom. The first-order valence-corrected chi connectivity index (χ1v) is 8.32. The quantitative estimate of drug-likeness (QED) is 0.850. The van der Waals surface area contributed by atoms with E-state index in [0.717, 1.165) is 39.0 Å². The van der Waals surface area contributed by atoms with Gasteiger partial charge in [-0.15, -0.1) is 0 Å². The van der Waals surface area contributed by atoms with Crippen molar-refractivity contribution in [2.24, 2.45) is 0 Å². The van der Waals surface area contributed by atoms with Crippen LogP contribution in [-0.2, 0) is 14.3 Å². The molecule has 0 radical (unpaired) electrons. The van der Waals surface area contributed by atoms with Gasteiger partial charge >= 0.3 is 0 Å². The number of carbonyl (C=O) groups is 1. The Hall–Kier alpha value is -1.59. The van der Waals surface area contributed by atoms with Gasteiger partial charge in [0.05, 0.1) is 18.2 Å². The van der Waals surface area contributed by atoms with Crippen LogP contribution in [0.25, 0.3) is 0 Å². The maximum atomic E-state index is 11.9. The molecule has 5 nitrogen and oxygen atoms in total. The molecule has 1 spiro atoms. The second kappa shape index (κ2) is 6.89. The zero-order valence-corrected chi connectivity index (χ0v) is 14.0. The first-order chi connectivity index (χ1) is 11.1. The largest absolute Gasteiger partial charge is 0.375 e. The van der Waals surface area contributed by atoms with Crippen LogP contribution in [0.15, 0.2) is 30.3 Å². The number of amides is 1. The zero-order chi connectivity index (χ0) is 16.3. The number of carbonyl (C=O) groups excluding carboxylic acids is 1. The normalized spacial score (nSPS) is 23.2. The van der Waals surface area contributed by atoms with E-state index in [1.54, 1.807) is 7.11 Å². The predicted octanol–water partition coefficient (Wildman–Crippen LogP) is 1.92. The lowest BCUT2D eigenvalue weighted by atomic mass is 9.87. The van der Waals surface area contributed by atoms with Crippen molar-refractivity contribution >= 4 is 11.6 Å². The molecule has 0 N–H and O–H groups in total. The molecule has 1 aromatic rings. The lowest BCUT2D eigenvalue weighted by Crippen LogP contribution is -2.47. The van der Waals surface area contributed by atoms with Crippen LogP contribution in [0.4, 0.5) is 5.69 Å². The zero-order valence-electron chi connectivity index (χ0n) is 14.0. The average Bonchev–Trinajstić information content (AvgIpc) is 2.99. The van der Waals surface area contributed by atoms with Crippen molar-refractivity contribution in [3.05, 3.63) is 30.3 Å². The summed E-state index contributed by atoms with van der Waals surface area (Å²) >= 11 is 0. The molecule has 1 atom stereocenters. The van der Waals surface area contributed by atoms with Crippen LogP contribution in [0.2, 0.25) is 0 Å². The molecular formula is C18H26N2O3. The second-order valence-corrected chi connectivity index (χ2v) is 6.61. The number of anilines is 1. The molecule has 1 amide bonds. The average molecular weight is 318 g/mol. The van der Waals surface area contributed by atoms with Crippen LogP contribution < -0.4 is 4.90 Å². The van der Waals surface area contributed by atoms with E-state index in [0.29, 0.717) is 6.04 Å². The Morgan fingerprint density at radius 1 is 1.35 bits per heavy atom. The van der Waals surface area contributed by atoms with Gasteiger partial charge in [0.15, 0.2) is 0 Å².